The molecule has 1 aliphatic heterocycles. The molecule has 0 radical (unpaired) electrons. The minimum absolute atomic E-state index is 0.105. The molecule has 2 aromatic heterocycles. The molecule has 24 heavy (non-hydrogen) atoms. The highest BCUT2D eigenvalue weighted by Gasteiger charge is 2.16. The van der Waals surface area contributed by atoms with Crippen LogP contribution in [0, 0.1) is 6.92 Å². The first-order valence-electron chi connectivity index (χ1n) is 8.19. The number of aryl methyl sites for hydroxylation is 1. The Hall–Kier alpha value is -1.70. The van der Waals surface area contributed by atoms with Gasteiger partial charge in [0, 0.05) is 36.6 Å². The van der Waals surface area contributed by atoms with Gasteiger partial charge >= 0.3 is 0 Å². The summed E-state index contributed by atoms with van der Waals surface area (Å²) < 4.78 is 10.9. The Labute approximate surface area is 145 Å². The van der Waals surface area contributed by atoms with Crippen LogP contribution in [0.25, 0.3) is 0 Å². The Bertz CT molecular complexity index is 676. The van der Waals surface area contributed by atoms with Crippen molar-refractivity contribution >= 4 is 17.2 Å². The first-order valence-corrected chi connectivity index (χ1v) is 9.07. The molecule has 1 saturated heterocycles. The van der Waals surface area contributed by atoms with Gasteiger partial charge in [-0.25, -0.2) is 4.98 Å². The van der Waals surface area contributed by atoms with Crippen molar-refractivity contribution < 1.29 is 13.9 Å². The number of ether oxygens (including phenoxy) is 1. The van der Waals surface area contributed by atoms with Gasteiger partial charge in [-0.05, 0) is 13.0 Å². The van der Waals surface area contributed by atoms with Crippen LogP contribution in [-0.2, 0) is 11.3 Å². The number of carbonyl (C=O) groups excluding carboxylic acids is 1. The average Bonchev–Trinajstić information content (AvgIpc) is 3.22. The Kier molecular flexibility index (Phi) is 5.65. The number of amides is 1. The molecule has 2 aromatic rings. The fourth-order valence-corrected chi connectivity index (χ4v) is 3.45. The number of morpholine rings is 1. The summed E-state index contributed by atoms with van der Waals surface area (Å²) in [6.07, 6.45) is 1.53. The number of thiazole rings is 1. The fraction of sp³-hybridized carbons (Fsp3) is 0.529. The quantitative estimate of drug-likeness (QED) is 0.867. The SMILES string of the molecule is Cc1csc(C(C)CNC(=O)c2coc(CN3CCOCC3)c2)n1. The summed E-state index contributed by atoms with van der Waals surface area (Å²) in [7, 11) is 0. The Balaban J connectivity index is 1.50. The zero-order valence-electron chi connectivity index (χ0n) is 14.1. The predicted octanol–water partition coefficient (Wildman–Crippen LogP) is 2.41. The van der Waals surface area contributed by atoms with E-state index in [2.05, 4.69) is 22.1 Å². The molecule has 7 heteroatoms. The van der Waals surface area contributed by atoms with Gasteiger partial charge in [0.25, 0.3) is 5.91 Å². The summed E-state index contributed by atoms with van der Waals surface area (Å²) >= 11 is 1.63. The van der Waals surface area contributed by atoms with E-state index in [-0.39, 0.29) is 11.8 Å². The van der Waals surface area contributed by atoms with E-state index >= 15 is 0 Å². The van der Waals surface area contributed by atoms with Crippen LogP contribution in [0.3, 0.4) is 0 Å². The van der Waals surface area contributed by atoms with Crippen molar-refractivity contribution in [1.29, 1.82) is 0 Å². The van der Waals surface area contributed by atoms with Crippen LogP contribution >= 0.6 is 11.3 Å². The standard InChI is InChI=1S/C17H23N3O3S/c1-12(17-19-13(2)11-24-17)8-18-16(21)14-7-15(23-10-14)9-20-3-5-22-6-4-20/h7,10-12H,3-6,8-9H2,1-2H3,(H,18,21). The van der Waals surface area contributed by atoms with Crippen molar-refractivity contribution in [1.82, 2.24) is 15.2 Å². The summed E-state index contributed by atoms with van der Waals surface area (Å²) in [5.74, 6) is 0.908. The Morgan fingerprint density at radius 3 is 2.96 bits per heavy atom. The van der Waals surface area contributed by atoms with E-state index < -0.39 is 0 Å². The van der Waals surface area contributed by atoms with Crippen molar-refractivity contribution in [3.63, 3.8) is 0 Å². The van der Waals surface area contributed by atoms with Gasteiger partial charge in [-0.1, -0.05) is 6.92 Å². The van der Waals surface area contributed by atoms with Crippen molar-refractivity contribution in [2.45, 2.75) is 26.3 Å². The maximum absolute atomic E-state index is 12.3. The van der Waals surface area contributed by atoms with Gasteiger partial charge < -0.3 is 14.5 Å². The molecule has 1 aliphatic rings. The average molecular weight is 349 g/mol. The number of hydrogen-bond donors (Lipinski definition) is 1. The minimum atomic E-state index is -0.105. The zero-order chi connectivity index (χ0) is 16.9. The molecule has 0 bridgehead atoms. The molecule has 3 heterocycles. The monoisotopic (exact) mass is 349 g/mol. The highest BCUT2D eigenvalue weighted by molar-refractivity contribution is 7.09. The van der Waals surface area contributed by atoms with E-state index in [0.29, 0.717) is 18.7 Å². The molecule has 3 rings (SSSR count). The van der Waals surface area contributed by atoms with Crippen molar-refractivity contribution in [3.05, 3.63) is 39.7 Å². The third-order valence-corrected chi connectivity index (χ3v) is 5.22. The molecule has 1 N–H and O–H groups in total. The molecule has 0 aromatic carbocycles. The predicted molar refractivity (Wildman–Crippen MR) is 92.4 cm³/mol. The van der Waals surface area contributed by atoms with Crippen molar-refractivity contribution in [2.75, 3.05) is 32.8 Å². The molecule has 6 nitrogen and oxygen atoms in total. The van der Waals surface area contributed by atoms with Gasteiger partial charge in [0.05, 0.1) is 30.3 Å². The van der Waals surface area contributed by atoms with Crippen LogP contribution in [0.2, 0.25) is 0 Å². The molecule has 1 atom stereocenters. The summed E-state index contributed by atoms with van der Waals surface area (Å²) in [5.41, 5.74) is 1.59. The molecule has 1 fully saturated rings. The molecular formula is C17H23N3O3S. The number of rotatable bonds is 6. The van der Waals surface area contributed by atoms with Gasteiger partial charge in [-0.15, -0.1) is 11.3 Å². The number of carbonyl (C=O) groups is 1. The van der Waals surface area contributed by atoms with E-state index in [4.69, 9.17) is 9.15 Å². The van der Waals surface area contributed by atoms with Crippen LogP contribution in [0.1, 0.15) is 39.7 Å². The van der Waals surface area contributed by atoms with Gasteiger partial charge in [-0.3, -0.25) is 9.69 Å². The smallest absolute Gasteiger partial charge is 0.254 e. The zero-order valence-corrected chi connectivity index (χ0v) is 14.9. The van der Waals surface area contributed by atoms with Gasteiger partial charge in [-0.2, -0.15) is 0 Å². The van der Waals surface area contributed by atoms with E-state index in [1.54, 1.807) is 11.3 Å². The van der Waals surface area contributed by atoms with Gasteiger partial charge in [0.2, 0.25) is 0 Å². The number of aromatic nitrogens is 1. The second kappa shape index (κ2) is 7.92. The summed E-state index contributed by atoms with van der Waals surface area (Å²) in [6, 6.07) is 1.82. The molecule has 0 aliphatic carbocycles. The van der Waals surface area contributed by atoms with Crippen LogP contribution in [-0.4, -0.2) is 48.6 Å². The van der Waals surface area contributed by atoms with Crippen LogP contribution < -0.4 is 5.32 Å². The lowest BCUT2D eigenvalue weighted by molar-refractivity contribution is 0.0313. The largest absolute Gasteiger partial charge is 0.467 e. The topological polar surface area (TPSA) is 67.6 Å². The second-order valence-corrected chi connectivity index (χ2v) is 7.02. The first kappa shape index (κ1) is 17.1. The lowest BCUT2D eigenvalue weighted by atomic mass is 10.2. The Morgan fingerprint density at radius 1 is 1.46 bits per heavy atom. The maximum atomic E-state index is 12.3. The normalized spacial score (nSPS) is 16.9. The molecule has 130 valence electrons. The number of nitrogens with zero attached hydrogens (tertiary/aromatic N) is 2. The minimum Gasteiger partial charge on any atom is -0.467 e. The number of hydrogen-bond acceptors (Lipinski definition) is 6. The number of furan rings is 1. The van der Waals surface area contributed by atoms with E-state index in [9.17, 15) is 4.79 Å². The van der Waals surface area contributed by atoms with E-state index in [1.165, 1.54) is 6.26 Å². The summed E-state index contributed by atoms with van der Waals surface area (Å²) in [5, 5.41) is 6.04. The third kappa shape index (κ3) is 4.43. The Morgan fingerprint density at radius 2 is 2.25 bits per heavy atom. The van der Waals surface area contributed by atoms with Gasteiger partial charge in [0.1, 0.15) is 12.0 Å². The van der Waals surface area contributed by atoms with Crippen LogP contribution in [0.4, 0.5) is 0 Å². The molecule has 0 spiro atoms. The van der Waals surface area contributed by atoms with E-state index in [0.717, 1.165) is 42.8 Å². The lowest BCUT2D eigenvalue weighted by Gasteiger charge is -2.25. The van der Waals surface area contributed by atoms with Crippen molar-refractivity contribution in [3.8, 4) is 0 Å². The van der Waals surface area contributed by atoms with Crippen LogP contribution in [0.5, 0.6) is 0 Å². The third-order valence-electron chi connectivity index (χ3n) is 4.03. The lowest BCUT2D eigenvalue weighted by Crippen LogP contribution is -2.35. The highest BCUT2D eigenvalue weighted by Crippen LogP contribution is 2.19. The molecule has 1 unspecified atom stereocenters. The maximum Gasteiger partial charge on any atom is 0.254 e. The fourth-order valence-electron chi connectivity index (χ4n) is 2.60. The second-order valence-electron chi connectivity index (χ2n) is 6.13. The molecule has 0 saturated carbocycles. The summed E-state index contributed by atoms with van der Waals surface area (Å²) in [4.78, 5) is 19.0. The van der Waals surface area contributed by atoms with Crippen molar-refractivity contribution in [2.24, 2.45) is 0 Å². The number of nitrogens with one attached hydrogen (secondary N) is 1. The first-order chi connectivity index (χ1) is 11.6. The molecule has 1 amide bonds. The van der Waals surface area contributed by atoms with Gasteiger partial charge in [0.15, 0.2) is 0 Å². The molecular weight excluding hydrogens is 326 g/mol. The van der Waals surface area contributed by atoms with E-state index in [1.807, 2.05) is 18.4 Å². The van der Waals surface area contributed by atoms with Crippen LogP contribution in [0.15, 0.2) is 22.1 Å². The highest BCUT2D eigenvalue weighted by atomic mass is 32.1. The summed E-state index contributed by atoms with van der Waals surface area (Å²) in [6.45, 7) is 8.62.